The average molecular weight is 287 g/mol. The minimum Gasteiger partial charge on any atom is -0.371 e. The van der Waals surface area contributed by atoms with E-state index in [-0.39, 0.29) is 11.9 Å². The van der Waals surface area contributed by atoms with Crippen molar-refractivity contribution in [2.45, 2.75) is 31.7 Å². The van der Waals surface area contributed by atoms with Gasteiger partial charge in [0.2, 0.25) is 5.91 Å². The lowest BCUT2D eigenvalue weighted by Crippen LogP contribution is -2.47. The number of carbonyl (C=O) groups is 1. The van der Waals surface area contributed by atoms with Gasteiger partial charge in [-0.05, 0) is 43.9 Å². The van der Waals surface area contributed by atoms with E-state index in [0.29, 0.717) is 5.92 Å². The molecule has 0 spiro atoms. The molecule has 2 N–H and O–H groups in total. The van der Waals surface area contributed by atoms with E-state index in [1.54, 1.807) is 0 Å². The molecule has 2 unspecified atom stereocenters. The van der Waals surface area contributed by atoms with Crippen molar-refractivity contribution in [3.63, 3.8) is 0 Å². The lowest BCUT2D eigenvalue weighted by molar-refractivity contribution is -0.123. The Bertz CT molecular complexity index is 456. The van der Waals surface area contributed by atoms with Gasteiger partial charge in [-0.2, -0.15) is 0 Å². The summed E-state index contributed by atoms with van der Waals surface area (Å²) in [6, 6.07) is 10.6. The fraction of sp³-hybridized carbons (Fsp3) is 0.588. The Kier molecular flexibility index (Phi) is 4.76. The summed E-state index contributed by atoms with van der Waals surface area (Å²) in [5, 5.41) is 6.44. The predicted molar refractivity (Wildman–Crippen MR) is 85.4 cm³/mol. The van der Waals surface area contributed by atoms with E-state index >= 15 is 0 Å². The molecule has 2 aliphatic heterocycles. The molecule has 4 heteroatoms. The summed E-state index contributed by atoms with van der Waals surface area (Å²) in [5.41, 5.74) is 1.29. The first-order chi connectivity index (χ1) is 10.3. The second-order valence-electron chi connectivity index (χ2n) is 6.18. The van der Waals surface area contributed by atoms with Gasteiger partial charge in [-0.3, -0.25) is 4.79 Å². The first-order valence-electron chi connectivity index (χ1n) is 8.14. The molecule has 0 bridgehead atoms. The summed E-state index contributed by atoms with van der Waals surface area (Å²) in [4.78, 5) is 14.5. The van der Waals surface area contributed by atoms with Crippen LogP contribution in [0.2, 0.25) is 0 Å². The largest absolute Gasteiger partial charge is 0.371 e. The monoisotopic (exact) mass is 287 g/mol. The molecule has 2 fully saturated rings. The summed E-state index contributed by atoms with van der Waals surface area (Å²) in [6.45, 7) is 3.91. The van der Waals surface area contributed by atoms with Crippen LogP contribution in [0.15, 0.2) is 30.3 Å². The quantitative estimate of drug-likeness (QED) is 0.887. The van der Waals surface area contributed by atoms with Crippen molar-refractivity contribution >= 4 is 11.6 Å². The van der Waals surface area contributed by atoms with Crippen LogP contribution in [-0.4, -0.2) is 38.1 Å². The van der Waals surface area contributed by atoms with Gasteiger partial charge in [-0.15, -0.1) is 0 Å². The van der Waals surface area contributed by atoms with E-state index in [1.165, 1.54) is 12.1 Å². The Morgan fingerprint density at radius 1 is 1.24 bits per heavy atom. The van der Waals surface area contributed by atoms with E-state index < -0.39 is 0 Å². The number of hydrogen-bond acceptors (Lipinski definition) is 3. The minimum atomic E-state index is 0.0328. The van der Waals surface area contributed by atoms with Crippen LogP contribution in [-0.2, 0) is 4.79 Å². The lowest BCUT2D eigenvalue weighted by Gasteiger charge is -2.23. The van der Waals surface area contributed by atoms with Crippen molar-refractivity contribution < 1.29 is 4.79 Å². The Hall–Kier alpha value is -1.55. The minimum absolute atomic E-state index is 0.0328. The third-order valence-corrected chi connectivity index (χ3v) is 4.60. The Morgan fingerprint density at radius 2 is 2.10 bits per heavy atom. The Labute approximate surface area is 126 Å². The molecule has 21 heavy (non-hydrogen) atoms. The predicted octanol–water partition coefficient (Wildman–Crippen LogP) is 1.77. The van der Waals surface area contributed by atoms with E-state index in [2.05, 4.69) is 45.9 Å². The van der Waals surface area contributed by atoms with Crippen molar-refractivity contribution in [1.29, 1.82) is 0 Å². The molecule has 2 aliphatic rings. The van der Waals surface area contributed by atoms with Gasteiger partial charge in [0.1, 0.15) is 0 Å². The van der Waals surface area contributed by atoms with Crippen molar-refractivity contribution in [1.82, 2.24) is 10.6 Å². The first kappa shape index (κ1) is 14.4. The number of nitrogens with one attached hydrogen (secondary N) is 2. The third kappa shape index (κ3) is 3.76. The zero-order valence-corrected chi connectivity index (χ0v) is 12.6. The zero-order valence-electron chi connectivity index (χ0n) is 12.6. The van der Waals surface area contributed by atoms with Crippen molar-refractivity contribution in [3.8, 4) is 0 Å². The topological polar surface area (TPSA) is 44.4 Å². The van der Waals surface area contributed by atoms with Crippen LogP contribution in [0.3, 0.4) is 0 Å². The van der Waals surface area contributed by atoms with Crippen LogP contribution in [0.1, 0.15) is 25.7 Å². The first-order valence-corrected chi connectivity index (χ1v) is 8.14. The van der Waals surface area contributed by atoms with Gasteiger partial charge in [-0.25, -0.2) is 0 Å². The summed E-state index contributed by atoms with van der Waals surface area (Å²) in [5.74, 6) is 0.755. The molecule has 2 atom stereocenters. The van der Waals surface area contributed by atoms with Gasteiger partial charge >= 0.3 is 0 Å². The molecule has 0 radical (unpaired) electrons. The van der Waals surface area contributed by atoms with Gasteiger partial charge in [0.25, 0.3) is 0 Å². The van der Waals surface area contributed by atoms with Gasteiger partial charge in [0, 0.05) is 25.3 Å². The third-order valence-electron chi connectivity index (χ3n) is 4.60. The number of piperidine rings is 1. The average Bonchev–Trinajstić information content (AvgIpc) is 3.03. The van der Waals surface area contributed by atoms with Crippen LogP contribution < -0.4 is 15.5 Å². The summed E-state index contributed by atoms with van der Waals surface area (Å²) in [7, 11) is 0. The highest BCUT2D eigenvalue weighted by atomic mass is 16.2. The van der Waals surface area contributed by atoms with Crippen LogP contribution >= 0.6 is 0 Å². The second kappa shape index (κ2) is 6.94. The fourth-order valence-electron chi connectivity index (χ4n) is 3.32. The van der Waals surface area contributed by atoms with Crippen LogP contribution in [0, 0.1) is 5.92 Å². The maximum Gasteiger partial charge on any atom is 0.237 e. The number of para-hydroxylation sites is 1. The van der Waals surface area contributed by atoms with Gasteiger partial charge < -0.3 is 15.5 Å². The van der Waals surface area contributed by atoms with Crippen LogP contribution in [0.4, 0.5) is 5.69 Å². The number of carbonyl (C=O) groups excluding carboxylic acids is 1. The number of nitrogens with zero attached hydrogens (tertiary/aromatic N) is 1. The molecular weight excluding hydrogens is 262 g/mol. The highest BCUT2D eigenvalue weighted by Gasteiger charge is 2.25. The standard InChI is InChI=1S/C17H25N3O/c21-17(16-8-4-5-10-18-16)19-12-14-9-11-20(13-14)15-6-2-1-3-7-15/h1-3,6-7,14,16,18H,4-5,8-13H2,(H,19,21). The van der Waals surface area contributed by atoms with Crippen LogP contribution in [0.25, 0.3) is 0 Å². The van der Waals surface area contributed by atoms with E-state index in [9.17, 15) is 4.79 Å². The van der Waals surface area contributed by atoms with E-state index in [4.69, 9.17) is 0 Å². The normalized spacial score (nSPS) is 25.8. The molecule has 3 rings (SSSR count). The smallest absolute Gasteiger partial charge is 0.237 e. The fourth-order valence-corrected chi connectivity index (χ4v) is 3.32. The molecule has 0 aromatic heterocycles. The SMILES string of the molecule is O=C(NCC1CCN(c2ccccc2)C1)C1CCCCN1. The summed E-state index contributed by atoms with van der Waals surface area (Å²) in [6.07, 6.45) is 4.49. The molecule has 1 aromatic carbocycles. The number of benzene rings is 1. The summed E-state index contributed by atoms with van der Waals surface area (Å²) < 4.78 is 0. The van der Waals surface area contributed by atoms with E-state index in [1.807, 2.05) is 0 Å². The van der Waals surface area contributed by atoms with Crippen molar-refractivity contribution in [2.75, 3.05) is 31.1 Å². The molecule has 0 aliphatic carbocycles. The Morgan fingerprint density at radius 3 is 2.86 bits per heavy atom. The Balaban J connectivity index is 1.43. The number of anilines is 1. The number of amides is 1. The van der Waals surface area contributed by atoms with Crippen LogP contribution in [0.5, 0.6) is 0 Å². The highest BCUT2D eigenvalue weighted by molar-refractivity contribution is 5.81. The molecule has 2 saturated heterocycles. The van der Waals surface area contributed by atoms with Gasteiger partial charge in [0.05, 0.1) is 6.04 Å². The summed E-state index contributed by atoms with van der Waals surface area (Å²) >= 11 is 0. The zero-order chi connectivity index (χ0) is 14.5. The molecule has 1 amide bonds. The van der Waals surface area contributed by atoms with Crippen molar-refractivity contribution in [3.05, 3.63) is 30.3 Å². The molecule has 0 saturated carbocycles. The molecule has 2 heterocycles. The maximum absolute atomic E-state index is 12.1. The molecule has 114 valence electrons. The molecule has 4 nitrogen and oxygen atoms in total. The molecular formula is C17H25N3O. The molecule has 1 aromatic rings. The lowest BCUT2D eigenvalue weighted by atomic mass is 10.0. The van der Waals surface area contributed by atoms with Crippen molar-refractivity contribution in [2.24, 2.45) is 5.92 Å². The highest BCUT2D eigenvalue weighted by Crippen LogP contribution is 2.23. The van der Waals surface area contributed by atoms with E-state index in [0.717, 1.165) is 45.4 Å². The number of hydrogen-bond donors (Lipinski definition) is 2. The van der Waals surface area contributed by atoms with Gasteiger partial charge in [0.15, 0.2) is 0 Å². The maximum atomic E-state index is 12.1. The van der Waals surface area contributed by atoms with Gasteiger partial charge in [-0.1, -0.05) is 24.6 Å². The second-order valence-corrected chi connectivity index (χ2v) is 6.18. The number of rotatable bonds is 4.